The smallest absolute Gasteiger partial charge is 0.233 e. The van der Waals surface area contributed by atoms with Crippen molar-refractivity contribution in [3.05, 3.63) is 17.8 Å². The SMILES string of the molecule is COc1ccc([C@@H]2CC[C@@H](C)CN2C(C)C)nn1. The number of hydrogen-bond acceptors (Lipinski definition) is 4. The zero-order valence-electron chi connectivity index (χ0n) is 11.8. The van der Waals surface area contributed by atoms with Gasteiger partial charge >= 0.3 is 0 Å². The fourth-order valence-electron chi connectivity index (χ4n) is 2.69. The molecule has 1 aliphatic rings. The molecule has 0 bridgehead atoms. The van der Waals surface area contributed by atoms with Crippen molar-refractivity contribution in [1.29, 1.82) is 0 Å². The average Bonchev–Trinajstić information content (AvgIpc) is 2.39. The molecular weight excluding hydrogens is 226 g/mol. The maximum Gasteiger partial charge on any atom is 0.233 e. The molecule has 1 aliphatic heterocycles. The number of rotatable bonds is 3. The second-order valence-corrected chi connectivity index (χ2v) is 5.49. The summed E-state index contributed by atoms with van der Waals surface area (Å²) in [5.41, 5.74) is 1.07. The Morgan fingerprint density at radius 2 is 2.06 bits per heavy atom. The molecule has 2 rings (SSSR count). The summed E-state index contributed by atoms with van der Waals surface area (Å²) in [5, 5.41) is 8.40. The molecule has 0 N–H and O–H groups in total. The lowest BCUT2D eigenvalue weighted by Crippen LogP contribution is -2.42. The maximum absolute atomic E-state index is 5.06. The largest absolute Gasteiger partial charge is 0.480 e. The predicted octanol–water partition coefficient (Wildman–Crippen LogP) is 2.67. The van der Waals surface area contributed by atoms with Crippen LogP contribution in [-0.4, -0.2) is 34.8 Å². The van der Waals surface area contributed by atoms with Crippen LogP contribution in [0.15, 0.2) is 12.1 Å². The number of ether oxygens (including phenoxy) is 1. The van der Waals surface area contributed by atoms with Crippen LogP contribution in [0.4, 0.5) is 0 Å². The van der Waals surface area contributed by atoms with Gasteiger partial charge in [-0.1, -0.05) is 6.92 Å². The lowest BCUT2D eigenvalue weighted by molar-refractivity contribution is 0.0787. The summed E-state index contributed by atoms with van der Waals surface area (Å²) in [7, 11) is 1.62. The summed E-state index contributed by atoms with van der Waals surface area (Å²) in [6, 6.07) is 4.89. The highest BCUT2D eigenvalue weighted by Gasteiger charge is 2.30. The molecule has 0 aliphatic carbocycles. The summed E-state index contributed by atoms with van der Waals surface area (Å²) in [6.45, 7) is 7.98. The topological polar surface area (TPSA) is 38.2 Å². The van der Waals surface area contributed by atoms with Gasteiger partial charge in [0, 0.05) is 18.7 Å². The first kappa shape index (κ1) is 13.3. The summed E-state index contributed by atoms with van der Waals surface area (Å²) in [6.07, 6.45) is 2.43. The predicted molar refractivity (Wildman–Crippen MR) is 71.6 cm³/mol. The van der Waals surface area contributed by atoms with Gasteiger partial charge in [-0.2, -0.15) is 5.10 Å². The van der Waals surface area contributed by atoms with Crippen molar-refractivity contribution >= 4 is 0 Å². The third-order valence-corrected chi connectivity index (χ3v) is 3.73. The molecule has 2 heterocycles. The molecule has 18 heavy (non-hydrogen) atoms. The third-order valence-electron chi connectivity index (χ3n) is 3.73. The minimum absolute atomic E-state index is 0.402. The van der Waals surface area contributed by atoms with Crippen molar-refractivity contribution in [3.8, 4) is 5.88 Å². The van der Waals surface area contributed by atoms with E-state index in [1.165, 1.54) is 12.8 Å². The van der Waals surface area contributed by atoms with E-state index in [1.54, 1.807) is 7.11 Å². The van der Waals surface area contributed by atoms with Gasteiger partial charge in [0.15, 0.2) is 0 Å². The molecule has 0 amide bonds. The highest BCUT2D eigenvalue weighted by atomic mass is 16.5. The summed E-state index contributed by atoms with van der Waals surface area (Å²) in [4.78, 5) is 2.53. The molecule has 0 radical (unpaired) electrons. The van der Waals surface area contributed by atoms with Crippen LogP contribution in [0.1, 0.15) is 45.3 Å². The van der Waals surface area contributed by atoms with E-state index in [-0.39, 0.29) is 0 Å². The highest BCUT2D eigenvalue weighted by Crippen LogP contribution is 2.33. The van der Waals surface area contributed by atoms with Gasteiger partial charge in [-0.3, -0.25) is 4.90 Å². The van der Waals surface area contributed by atoms with Crippen LogP contribution in [0, 0.1) is 5.92 Å². The van der Waals surface area contributed by atoms with Crippen LogP contribution in [-0.2, 0) is 0 Å². The first-order valence-corrected chi connectivity index (χ1v) is 6.75. The Hall–Kier alpha value is -1.16. The molecule has 100 valence electrons. The summed E-state index contributed by atoms with van der Waals surface area (Å²) < 4.78 is 5.06. The molecule has 2 atom stereocenters. The average molecular weight is 249 g/mol. The number of nitrogens with zero attached hydrogens (tertiary/aromatic N) is 3. The third kappa shape index (κ3) is 2.80. The van der Waals surface area contributed by atoms with Gasteiger partial charge in [0.1, 0.15) is 0 Å². The minimum atomic E-state index is 0.402. The second kappa shape index (κ2) is 5.65. The van der Waals surface area contributed by atoms with Crippen molar-refractivity contribution in [2.75, 3.05) is 13.7 Å². The van der Waals surface area contributed by atoms with Crippen LogP contribution in [0.2, 0.25) is 0 Å². The normalized spacial score (nSPS) is 25.4. The zero-order chi connectivity index (χ0) is 13.1. The second-order valence-electron chi connectivity index (χ2n) is 5.49. The van der Waals surface area contributed by atoms with Crippen molar-refractivity contribution in [2.24, 2.45) is 5.92 Å². The van der Waals surface area contributed by atoms with E-state index in [0.29, 0.717) is 18.0 Å². The maximum atomic E-state index is 5.06. The number of piperidine rings is 1. The molecule has 0 spiro atoms. The van der Waals surface area contributed by atoms with E-state index in [1.807, 2.05) is 12.1 Å². The molecule has 1 fully saturated rings. The van der Waals surface area contributed by atoms with E-state index < -0.39 is 0 Å². The molecule has 1 saturated heterocycles. The standard InChI is InChI=1S/C14H23N3O/c1-10(2)17-9-11(3)5-7-13(17)12-6-8-14(18-4)16-15-12/h6,8,10-11,13H,5,7,9H2,1-4H3/t11-,13+/m1/s1. The van der Waals surface area contributed by atoms with Crippen molar-refractivity contribution in [1.82, 2.24) is 15.1 Å². The van der Waals surface area contributed by atoms with Crippen LogP contribution in [0.5, 0.6) is 5.88 Å². The molecule has 4 nitrogen and oxygen atoms in total. The van der Waals surface area contributed by atoms with E-state index in [9.17, 15) is 0 Å². The van der Waals surface area contributed by atoms with Crippen LogP contribution in [0.3, 0.4) is 0 Å². The lowest BCUT2D eigenvalue weighted by atomic mass is 9.91. The Morgan fingerprint density at radius 3 is 2.61 bits per heavy atom. The van der Waals surface area contributed by atoms with Gasteiger partial charge in [-0.25, -0.2) is 0 Å². The molecule has 0 aromatic carbocycles. The quantitative estimate of drug-likeness (QED) is 0.825. The number of aromatic nitrogens is 2. The molecule has 1 aromatic rings. The van der Waals surface area contributed by atoms with Crippen molar-refractivity contribution in [2.45, 2.75) is 45.7 Å². The first-order chi connectivity index (χ1) is 8.61. The number of likely N-dealkylation sites (tertiary alicyclic amines) is 1. The fraction of sp³-hybridized carbons (Fsp3) is 0.714. The van der Waals surface area contributed by atoms with E-state index in [4.69, 9.17) is 4.74 Å². The van der Waals surface area contributed by atoms with E-state index in [0.717, 1.165) is 18.2 Å². The number of hydrogen-bond donors (Lipinski definition) is 0. The van der Waals surface area contributed by atoms with E-state index in [2.05, 4.69) is 35.9 Å². The molecule has 4 heteroatoms. The molecule has 0 unspecified atom stereocenters. The molecular formula is C14H23N3O. The Morgan fingerprint density at radius 1 is 1.28 bits per heavy atom. The van der Waals surface area contributed by atoms with Crippen LogP contribution in [0.25, 0.3) is 0 Å². The van der Waals surface area contributed by atoms with Gasteiger partial charge in [0.2, 0.25) is 5.88 Å². The van der Waals surface area contributed by atoms with Crippen molar-refractivity contribution in [3.63, 3.8) is 0 Å². The highest BCUT2D eigenvalue weighted by molar-refractivity contribution is 5.15. The fourth-order valence-corrected chi connectivity index (χ4v) is 2.69. The molecule has 0 saturated carbocycles. The van der Waals surface area contributed by atoms with Gasteiger partial charge in [0.05, 0.1) is 18.8 Å². The Labute approximate surface area is 109 Å². The van der Waals surface area contributed by atoms with Gasteiger partial charge in [-0.05, 0) is 38.7 Å². The Balaban J connectivity index is 2.18. The minimum Gasteiger partial charge on any atom is -0.480 e. The van der Waals surface area contributed by atoms with Crippen molar-refractivity contribution < 1.29 is 4.74 Å². The Bertz CT molecular complexity index is 377. The Kier molecular flexibility index (Phi) is 4.17. The number of methoxy groups -OCH3 is 1. The zero-order valence-corrected chi connectivity index (χ0v) is 11.8. The van der Waals surface area contributed by atoms with E-state index >= 15 is 0 Å². The van der Waals surface area contributed by atoms with Crippen LogP contribution < -0.4 is 4.74 Å². The molecule has 1 aromatic heterocycles. The van der Waals surface area contributed by atoms with Gasteiger partial charge < -0.3 is 4.74 Å². The monoisotopic (exact) mass is 249 g/mol. The first-order valence-electron chi connectivity index (χ1n) is 6.75. The van der Waals surface area contributed by atoms with Gasteiger partial charge in [-0.15, -0.1) is 5.10 Å². The lowest BCUT2D eigenvalue weighted by Gasteiger charge is -2.40. The van der Waals surface area contributed by atoms with Gasteiger partial charge in [0.25, 0.3) is 0 Å². The summed E-state index contributed by atoms with van der Waals surface area (Å²) >= 11 is 0. The van der Waals surface area contributed by atoms with Crippen LogP contribution >= 0.6 is 0 Å². The summed E-state index contributed by atoms with van der Waals surface area (Å²) in [5.74, 6) is 1.36.